The van der Waals surface area contributed by atoms with E-state index >= 15 is 0 Å². The number of methoxy groups -OCH3 is 1. The molecule has 1 fully saturated rings. The summed E-state index contributed by atoms with van der Waals surface area (Å²) >= 11 is 1.69. The molecular formula is C18H19N3OS. The van der Waals surface area contributed by atoms with Crippen molar-refractivity contribution in [3.8, 4) is 11.1 Å². The lowest BCUT2D eigenvalue weighted by molar-refractivity contribution is 0.0818. The molecule has 3 aromatic rings. The van der Waals surface area contributed by atoms with Crippen molar-refractivity contribution in [2.75, 3.05) is 25.1 Å². The zero-order valence-corrected chi connectivity index (χ0v) is 13.9. The number of piperidine rings is 1. The van der Waals surface area contributed by atoms with Gasteiger partial charge in [0.2, 0.25) is 0 Å². The Kier molecular flexibility index (Phi) is 3.97. The molecule has 1 aliphatic heterocycles. The van der Waals surface area contributed by atoms with Crippen LogP contribution in [0.2, 0.25) is 0 Å². The Morgan fingerprint density at radius 3 is 2.65 bits per heavy atom. The van der Waals surface area contributed by atoms with Crippen LogP contribution in [0.15, 0.2) is 42.0 Å². The summed E-state index contributed by atoms with van der Waals surface area (Å²) in [4.78, 5) is 12.5. The van der Waals surface area contributed by atoms with Crippen LogP contribution in [0.25, 0.3) is 21.3 Å². The van der Waals surface area contributed by atoms with Crippen LogP contribution in [0.1, 0.15) is 12.8 Å². The summed E-state index contributed by atoms with van der Waals surface area (Å²) in [5.41, 5.74) is 2.46. The van der Waals surface area contributed by atoms with Crippen molar-refractivity contribution < 1.29 is 4.74 Å². The predicted molar refractivity (Wildman–Crippen MR) is 95.1 cm³/mol. The lowest BCUT2D eigenvalue weighted by atomic mass is 10.0. The lowest BCUT2D eigenvalue weighted by Crippen LogP contribution is -2.37. The minimum atomic E-state index is 0.375. The molecule has 0 spiro atoms. The van der Waals surface area contributed by atoms with Crippen molar-refractivity contribution >= 4 is 27.4 Å². The average Bonchev–Trinajstić information content (AvgIpc) is 3.07. The molecule has 0 atom stereocenters. The van der Waals surface area contributed by atoms with E-state index in [0.717, 1.165) is 36.6 Å². The van der Waals surface area contributed by atoms with Gasteiger partial charge in [0.15, 0.2) is 0 Å². The van der Waals surface area contributed by atoms with E-state index in [1.54, 1.807) is 24.8 Å². The summed E-state index contributed by atoms with van der Waals surface area (Å²) in [5.74, 6) is 1.06. The molecule has 0 unspecified atom stereocenters. The summed E-state index contributed by atoms with van der Waals surface area (Å²) in [6.45, 7) is 1.96. The fourth-order valence-electron chi connectivity index (χ4n) is 3.23. The van der Waals surface area contributed by atoms with Gasteiger partial charge in [-0.05, 0) is 18.4 Å². The van der Waals surface area contributed by atoms with Gasteiger partial charge in [0.25, 0.3) is 0 Å². The third kappa shape index (κ3) is 2.71. The van der Waals surface area contributed by atoms with Crippen LogP contribution < -0.4 is 4.90 Å². The predicted octanol–water partition coefficient (Wildman–Crippen LogP) is 3.97. The van der Waals surface area contributed by atoms with Gasteiger partial charge in [-0.1, -0.05) is 30.3 Å². The van der Waals surface area contributed by atoms with E-state index in [4.69, 9.17) is 4.74 Å². The van der Waals surface area contributed by atoms with Crippen molar-refractivity contribution in [1.29, 1.82) is 0 Å². The highest BCUT2D eigenvalue weighted by molar-refractivity contribution is 7.17. The van der Waals surface area contributed by atoms with Gasteiger partial charge in [-0.2, -0.15) is 0 Å². The average molecular weight is 325 g/mol. The molecule has 4 nitrogen and oxygen atoms in total. The highest BCUT2D eigenvalue weighted by Crippen LogP contribution is 2.38. The molecule has 0 N–H and O–H groups in total. The van der Waals surface area contributed by atoms with Crippen LogP contribution >= 0.6 is 11.3 Å². The third-order valence-electron chi connectivity index (χ3n) is 4.51. The van der Waals surface area contributed by atoms with E-state index < -0.39 is 0 Å². The second-order valence-corrected chi connectivity index (χ2v) is 6.67. The van der Waals surface area contributed by atoms with Gasteiger partial charge < -0.3 is 9.64 Å². The Bertz CT molecular complexity index is 794. The molecule has 1 aliphatic rings. The van der Waals surface area contributed by atoms with Crippen LogP contribution in [-0.2, 0) is 4.74 Å². The lowest BCUT2D eigenvalue weighted by Gasteiger charge is -2.32. The molecule has 0 amide bonds. The summed E-state index contributed by atoms with van der Waals surface area (Å²) in [5, 5.41) is 3.37. The summed E-state index contributed by atoms with van der Waals surface area (Å²) < 4.78 is 5.48. The highest BCUT2D eigenvalue weighted by atomic mass is 32.1. The number of hydrogen-bond donors (Lipinski definition) is 0. The molecule has 0 saturated carbocycles. The van der Waals surface area contributed by atoms with Crippen LogP contribution in [0.3, 0.4) is 0 Å². The van der Waals surface area contributed by atoms with Crippen LogP contribution in [0, 0.1) is 0 Å². The van der Waals surface area contributed by atoms with E-state index in [-0.39, 0.29) is 0 Å². The molecule has 0 aliphatic carbocycles. The first-order chi connectivity index (χ1) is 11.4. The molecule has 23 heavy (non-hydrogen) atoms. The minimum absolute atomic E-state index is 0.375. The number of thiophene rings is 1. The first-order valence-electron chi connectivity index (χ1n) is 7.92. The topological polar surface area (TPSA) is 38.2 Å². The van der Waals surface area contributed by atoms with E-state index in [1.807, 2.05) is 6.07 Å². The summed E-state index contributed by atoms with van der Waals surface area (Å²) in [7, 11) is 1.80. The van der Waals surface area contributed by atoms with Gasteiger partial charge in [-0.15, -0.1) is 11.3 Å². The van der Waals surface area contributed by atoms with Crippen molar-refractivity contribution in [2.45, 2.75) is 18.9 Å². The molecular weight excluding hydrogens is 306 g/mol. The molecule has 2 aromatic heterocycles. The smallest absolute Gasteiger partial charge is 0.141 e. The standard InChI is InChI=1S/C18H19N3OS/c1-22-14-7-9-21(10-8-14)17-16-15(13-5-3-2-4-6-13)11-23-18(16)20-12-19-17/h2-6,11-12,14H,7-10H2,1H3. The quantitative estimate of drug-likeness (QED) is 0.730. The van der Waals surface area contributed by atoms with Crippen molar-refractivity contribution in [3.05, 3.63) is 42.0 Å². The number of benzene rings is 1. The third-order valence-corrected chi connectivity index (χ3v) is 5.40. The fraction of sp³-hybridized carbons (Fsp3) is 0.333. The maximum Gasteiger partial charge on any atom is 0.141 e. The molecule has 0 radical (unpaired) electrons. The summed E-state index contributed by atoms with van der Waals surface area (Å²) in [6, 6.07) is 10.5. The van der Waals surface area contributed by atoms with E-state index in [1.165, 1.54) is 16.5 Å². The van der Waals surface area contributed by atoms with E-state index in [2.05, 4.69) is 44.5 Å². The van der Waals surface area contributed by atoms with Gasteiger partial charge in [0.05, 0.1) is 11.5 Å². The Balaban J connectivity index is 1.77. The fourth-order valence-corrected chi connectivity index (χ4v) is 4.14. The summed E-state index contributed by atoms with van der Waals surface area (Å²) in [6.07, 6.45) is 4.16. The molecule has 3 heterocycles. The van der Waals surface area contributed by atoms with Crippen LogP contribution in [-0.4, -0.2) is 36.3 Å². The SMILES string of the molecule is COC1CCN(c2ncnc3scc(-c4ccccc4)c23)CC1. The maximum absolute atomic E-state index is 5.48. The number of anilines is 1. The van der Waals surface area contributed by atoms with Gasteiger partial charge in [-0.3, -0.25) is 0 Å². The molecule has 118 valence electrons. The second-order valence-electron chi connectivity index (χ2n) is 5.81. The normalized spacial score (nSPS) is 16.1. The number of hydrogen-bond acceptors (Lipinski definition) is 5. The Morgan fingerprint density at radius 1 is 1.13 bits per heavy atom. The maximum atomic E-state index is 5.48. The number of aromatic nitrogens is 2. The zero-order chi connectivity index (χ0) is 15.6. The molecule has 0 bridgehead atoms. The van der Waals surface area contributed by atoms with Crippen molar-refractivity contribution in [1.82, 2.24) is 9.97 Å². The molecule has 5 heteroatoms. The van der Waals surface area contributed by atoms with Crippen LogP contribution in [0.5, 0.6) is 0 Å². The Labute approximate surface area is 139 Å². The first kappa shape index (κ1) is 14.6. The minimum Gasteiger partial charge on any atom is -0.381 e. The second kappa shape index (κ2) is 6.26. The molecule has 1 saturated heterocycles. The molecule has 1 aromatic carbocycles. The van der Waals surface area contributed by atoms with Gasteiger partial charge in [0.1, 0.15) is 17.0 Å². The van der Waals surface area contributed by atoms with Crippen molar-refractivity contribution in [2.24, 2.45) is 0 Å². The first-order valence-corrected chi connectivity index (χ1v) is 8.80. The van der Waals surface area contributed by atoms with Gasteiger partial charge in [0, 0.05) is 31.1 Å². The Morgan fingerprint density at radius 2 is 1.91 bits per heavy atom. The Hall–Kier alpha value is -1.98. The van der Waals surface area contributed by atoms with Gasteiger partial charge >= 0.3 is 0 Å². The number of ether oxygens (including phenoxy) is 1. The number of nitrogens with zero attached hydrogens (tertiary/aromatic N) is 3. The van der Waals surface area contributed by atoms with Crippen LogP contribution in [0.4, 0.5) is 5.82 Å². The van der Waals surface area contributed by atoms with Crippen molar-refractivity contribution in [3.63, 3.8) is 0 Å². The largest absolute Gasteiger partial charge is 0.381 e. The zero-order valence-electron chi connectivity index (χ0n) is 13.1. The number of fused-ring (bicyclic) bond motifs is 1. The molecule has 4 rings (SSSR count). The van der Waals surface area contributed by atoms with Gasteiger partial charge in [-0.25, -0.2) is 9.97 Å². The van der Waals surface area contributed by atoms with E-state index in [0.29, 0.717) is 6.10 Å². The highest BCUT2D eigenvalue weighted by Gasteiger charge is 2.23. The monoisotopic (exact) mass is 325 g/mol. The van der Waals surface area contributed by atoms with E-state index in [9.17, 15) is 0 Å². The number of rotatable bonds is 3.